The molecule has 0 aliphatic rings. The molecule has 2 rings (SSSR count). The third-order valence-electron chi connectivity index (χ3n) is 3.29. The van der Waals surface area contributed by atoms with Crippen LogP contribution in [0.1, 0.15) is 17.5 Å². The molecule has 124 valence electrons. The van der Waals surface area contributed by atoms with Crippen LogP contribution in [0.4, 0.5) is 0 Å². The molecule has 0 aliphatic carbocycles. The zero-order valence-corrected chi connectivity index (χ0v) is 14.4. The van der Waals surface area contributed by atoms with Crippen molar-refractivity contribution in [2.45, 2.75) is 19.4 Å². The maximum atomic E-state index is 11.3. The SMILES string of the molecule is N#CCC(=O)NCCc1cc(Cl)ccc1OCc1ccc(Cl)cc1. The van der Waals surface area contributed by atoms with Crippen LogP contribution in [-0.2, 0) is 17.8 Å². The Kier molecular flexibility index (Phi) is 6.92. The molecule has 0 aromatic heterocycles. The Bertz CT molecular complexity index is 740. The fourth-order valence-corrected chi connectivity index (χ4v) is 2.42. The summed E-state index contributed by atoms with van der Waals surface area (Å²) in [5.74, 6) is 0.423. The lowest BCUT2D eigenvalue weighted by Gasteiger charge is -2.12. The summed E-state index contributed by atoms with van der Waals surface area (Å²) in [5.41, 5.74) is 1.90. The first-order chi connectivity index (χ1) is 11.6. The highest BCUT2D eigenvalue weighted by molar-refractivity contribution is 6.30. The Morgan fingerprint density at radius 3 is 2.54 bits per heavy atom. The molecule has 2 aromatic carbocycles. The van der Waals surface area contributed by atoms with Crippen molar-refractivity contribution in [2.75, 3.05) is 6.54 Å². The van der Waals surface area contributed by atoms with Gasteiger partial charge in [-0.15, -0.1) is 0 Å². The Hall–Kier alpha value is -2.22. The first-order valence-electron chi connectivity index (χ1n) is 7.38. The van der Waals surface area contributed by atoms with E-state index in [1.165, 1.54) is 0 Å². The zero-order chi connectivity index (χ0) is 17.4. The topological polar surface area (TPSA) is 62.1 Å². The molecule has 0 saturated carbocycles. The Labute approximate surface area is 151 Å². The Morgan fingerprint density at radius 2 is 1.83 bits per heavy atom. The number of hydrogen-bond acceptors (Lipinski definition) is 3. The highest BCUT2D eigenvalue weighted by Gasteiger charge is 2.07. The summed E-state index contributed by atoms with van der Waals surface area (Å²) < 4.78 is 5.86. The minimum atomic E-state index is -0.289. The summed E-state index contributed by atoms with van der Waals surface area (Å²) in [7, 11) is 0. The van der Waals surface area contributed by atoms with Crippen molar-refractivity contribution < 1.29 is 9.53 Å². The van der Waals surface area contributed by atoms with Gasteiger partial charge in [-0.05, 0) is 47.9 Å². The van der Waals surface area contributed by atoms with Gasteiger partial charge in [0.05, 0.1) is 6.07 Å². The summed E-state index contributed by atoms with van der Waals surface area (Å²) in [6.45, 7) is 0.824. The average Bonchev–Trinajstić information content (AvgIpc) is 2.56. The van der Waals surface area contributed by atoms with E-state index in [2.05, 4.69) is 5.32 Å². The molecule has 0 saturated heterocycles. The summed E-state index contributed by atoms with van der Waals surface area (Å²) in [6, 6.07) is 14.6. The lowest BCUT2D eigenvalue weighted by atomic mass is 10.1. The lowest BCUT2D eigenvalue weighted by Crippen LogP contribution is -2.25. The van der Waals surface area contributed by atoms with Gasteiger partial charge in [-0.25, -0.2) is 0 Å². The quantitative estimate of drug-likeness (QED) is 0.804. The van der Waals surface area contributed by atoms with Gasteiger partial charge in [0.15, 0.2) is 0 Å². The van der Waals surface area contributed by atoms with Crippen molar-refractivity contribution in [2.24, 2.45) is 0 Å². The fraction of sp³-hybridized carbons (Fsp3) is 0.222. The van der Waals surface area contributed by atoms with Crippen LogP contribution in [-0.4, -0.2) is 12.5 Å². The van der Waals surface area contributed by atoms with Crippen molar-refractivity contribution >= 4 is 29.1 Å². The van der Waals surface area contributed by atoms with Crippen molar-refractivity contribution in [1.29, 1.82) is 5.26 Å². The number of rotatable bonds is 7. The molecule has 0 unspecified atom stereocenters. The number of amides is 1. The van der Waals surface area contributed by atoms with Crippen LogP contribution in [0, 0.1) is 11.3 Å². The van der Waals surface area contributed by atoms with E-state index in [-0.39, 0.29) is 12.3 Å². The third kappa shape index (κ3) is 5.77. The molecule has 0 spiro atoms. The number of nitriles is 1. The number of carbonyl (C=O) groups is 1. The summed E-state index contributed by atoms with van der Waals surface area (Å²) >= 11 is 11.9. The molecule has 1 amide bonds. The molecule has 24 heavy (non-hydrogen) atoms. The van der Waals surface area contributed by atoms with Crippen LogP contribution in [0.15, 0.2) is 42.5 Å². The van der Waals surface area contributed by atoms with Crippen LogP contribution in [0.5, 0.6) is 5.75 Å². The van der Waals surface area contributed by atoms with E-state index in [0.29, 0.717) is 35.4 Å². The molecule has 6 heteroatoms. The molecule has 4 nitrogen and oxygen atoms in total. The molecule has 0 fully saturated rings. The number of benzene rings is 2. The normalized spacial score (nSPS) is 10.0. The predicted octanol–water partition coefficient (Wildman–Crippen LogP) is 4.14. The summed E-state index contributed by atoms with van der Waals surface area (Å²) in [5, 5.41) is 12.4. The van der Waals surface area contributed by atoms with Crippen LogP contribution in [0.2, 0.25) is 10.0 Å². The lowest BCUT2D eigenvalue weighted by molar-refractivity contribution is -0.120. The zero-order valence-electron chi connectivity index (χ0n) is 12.9. The number of halogens is 2. The van der Waals surface area contributed by atoms with Crippen LogP contribution >= 0.6 is 23.2 Å². The van der Waals surface area contributed by atoms with E-state index >= 15 is 0 Å². The van der Waals surface area contributed by atoms with Gasteiger partial charge in [0, 0.05) is 16.6 Å². The maximum absolute atomic E-state index is 11.3. The van der Waals surface area contributed by atoms with E-state index in [1.54, 1.807) is 6.07 Å². The summed E-state index contributed by atoms with van der Waals surface area (Å²) in [4.78, 5) is 11.3. The van der Waals surface area contributed by atoms with Crippen molar-refractivity contribution in [3.05, 3.63) is 63.6 Å². The minimum Gasteiger partial charge on any atom is -0.489 e. The van der Waals surface area contributed by atoms with Gasteiger partial charge in [0.25, 0.3) is 0 Å². The molecule has 0 heterocycles. The predicted molar refractivity (Wildman–Crippen MR) is 94.2 cm³/mol. The van der Waals surface area contributed by atoms with E-state index in [0.717, 1.165) is 11.1 Å². The van der Waals surface area contributed by atoms with Crippen molar-refractivity contribution in [1.82, 2.24) is 5.32 Å². The van der Waals surface area contributed by atoms with Gasteiger partial charge in [-0.3, -0.25) is 4.79 Å². The first-order valence-corrected chi connectivity index (χ1v) is 8.13. The van der Waals surface area contributed by atoms with Gasteiger partial charge in [0.1, 0.15) is 18.8 Å². The standard InChI is InChI=1S/C18H16Cl2N2O2/c19-15-3-1-13(2-4-15)12-24-17-6-5-16(20)11-14(17)8-10-22-18(23)7-9-21/h1-6,11H,7-8,10,12H2,(H,22,23). The van der Waals surface area contributed by atoms with Gasteiger partial charge in [0.2, 0.25) is 5.91 Å². The second kappa shape index (κ2) is 9.17. The highest BCUT2D eigenvalue weighted by Crippen LogP contribution is 2.24. The van der Waals surface area contributed by atoms with Gasteiger partial charge >= 0.3 is 0 Å². The average molecular weight is 363 g/mol. The summed E-state index contributed by atoms with van der Waals surface area (Å²) in [6.07, 6.45) is 0.420. The van der Waals surface area contributed by atoms with Gasteiger partial charge < -0.3 is 10.1 Å². The monoisotopic (exact) mass is 362 g/mol. The Morgan fingerprint density at radius 1 is 1.12 bits per heavy atom. The molecular formula is C18H16Cl2N2O2. The number of ether oxygens (including phenoxy) is 1. The van der Waals surface area contributed by atoms with Crippen LogP contribution in [0.25, 0.3) is 0 Å². The second-order valence-electron chi connectivity index (χ2n) is 5.10. The number of nitrogens with one attached hydrogen (secondary N) is 1. The van der Waals surface area contributed by atoms with Gasteiger partial charge in [-0.2, -0.15) is 5.26 Å². The van der Waals surface area contributed by atoms with E-state index in [9.17, 15) is 4.79 Å². The molecule has 0 bridgehead atoms. The number of nitrogens with zero attached hydrogens (tertiary/aromatic N) is 1. The first kappa shape index (κ1) is 18.1. The smallest absolute Gasteiger partial charge is 0.234 e. The molecule has 1 N–H and O–H groups in total. The van der Waals surface area contributed by atoms with E-state index < -0.39 is 0 Å². The van der Waals surface area contributed by atoms with E-state index in [4.69, 9.17) is 33.2 Å². The largest absolute Gasteiger partial charge is 0.489 e. The van der Waals surface area contributed by atoms with Crippen molar-refractivity contribution in [3.63, 3.8) is 0 Å². The minimum absolute atomic E-state index is 0.143. The fourth-order valence-electron chi connectivity index (χ4n) is 2.10. The van der Waals surface area contributed by atoms with Crippen LogP contribution < -0.4 is 10.1 Å². The maximum Gasteiger partial charge on any atom is 0.234 e. The molecule has 0 aliphatic heterocycles. The Balaban J connectivity index is 1.97. The number of hydrogen-bond donors (Lipinski definition) is 1. The molecular weight excluding hydrogens is 347 g/mol. The van der Waals surface area contributed by atoms with Crippen LogP contribution in [0.3, 0.4) is 0 Å². The highest BCUT2D eigenvalue weighted by atomic mass is 35.5. The van der Waals surface area contributed by atoms with E-state index in [1.807, 2.05) is 42.5 Å². The third-order valence-corrected chi connectivity index (χ3v) is 3.77. The van der Waals surface area contributed by atoms with Gasteiger partial charge in [-0.1, -0.05) is 35.3 Å². The van der Waals surface area contributed by atoms with Crippen molar-refractivity contribution in [3.8, 4) is 11.8 Å². The molecule has 2 aromatic rings. The molecule has 0 atom stereocenters. The molecule has 0 radical (unpaired) electrons. The number of carbonyl (C=O) groups excluding carboxylic acids is 1. The second-order valence-corrected chi connectivity index (χ2v) is 5.97.